The Balaban J connectivity index is 1.89. The third kappa shape index (κ3) is 4.74. The number of amides is 1. The molecule has 2 aromatic carbocycles. The molecule has 0 spiro atoms. The Morgan fingerprint density at radius 1 is 1.12 bits per heavy atom. The minimum absolute atomic E-state index is 0.0984. The van der Waals surface area contributed by atoms with Crippen molar-refractivity contribution in [2.75, 3.05) is 12.4 Å². The van der Waals surface area contributed by atoms with Gasteiger partial charge in [0.25, 0.3) is 5.91 Å². The predicted octanol–water partition coefficient (Wildman–Crippen LogP) is 3.48. The number of para-hydroxylation sites is 1. The van der Waals surface area contributed by atoms with E-state index in [1.165, 1.54) is 46.4 Å². The minimum Gasteiger partial charge on any atom is -0.320 e. The lowest BCUT2D eigenvalue weighted by Crippen LogP contribution is -2.33. The van der Waals surface area contributed by atoms with Crippen LogP contribution in [0, 0.1) is 6.92 Å². The number of aromatic nitrogens is 2. The molecule has 10 heteroatoms. The van der Waals surface area contributed by atoms with Gasteiger partial charge >= 0.3 is 0 Å². The van der Waals surface area contributed by atoms with Gasteiger partial charge in [-0.2, -0.15) is 9.40 Å². The fraction of sp³-hybridized carbons (Fsp3) is 0.227. The molecule has 0 fully saturated rings. The van der Waals surface area contributed by atoms with Crippen molar-refractivity contribution in [1.29, 1.82) is 0 Å². The zero-order chi connectivity index (χ0) is 23.6. The van der Waals surface area contributed by atoms with Gasteiger partial charge in [-0.3, -0.25) is 9.59 Å². The van der Waals surface area contributed by atoms with Crippen LogP contribution < -0.4 is 10.7 Å². The van der Waals surface area contributed by atoms with Crippen molar-refractivity contribution in [3.05, 3.63) is 81.2 Å². The van der Waals surface area contributed by atoms with Gasteiger partial charge in [-0.1, -0.05) is 23.7 Å². The van der Waals surface area contributed by atoms with Gasteiger partial charge in [0.05, 0.1) is 15.6 Å². The summed E-state index contributed by atoms with van der Waals surface area (Å²) in [7, 11) is -2.14. The number of sulfonamides is 1. The second-order valence-corrected chi connectivity index (χ2v) is 9.86. The van der Waals surface area contributed by atoms with E-state index in [4.69, 9.17) is 11.6 Å². The molecule has 1 N–H and O–H groups in total. The maximum Gasteiger partial charge on any atom is 0.280 e. The Labute approximate surface area is 191 Å². The molecule has 3 rings (SSSR count). The molecular formula is C22H23ClN4O4S. The van der Waals surface area contributed by atoms with Crippen LogP contribution in [-0.4, -0.2) is 41.5 Å². The van der Waals surface area contributed by atoms with E-state index in [1.54, 1.807) is 45.0 Å². The molecule has 0 aliphatic rings. The van der Waals surface area contributed by atoms with Crippen molar-refractivity contribution in [2.24, 2.45) is 0 Å². The number of aryl methyl sites for hydroxylation is 1. The highest BCUT2D eigenvalue weighted by molar-refractivity contribution is 7.89. The van der Waals surface area contributed by atoms with Crippen molar-refractivity contribution in [3.63, 3.8) is 0 Å². The normalized spacial score (nSPS) is 11.7. The van der Waals surface area contributed by atoms with Crippen LogP contribution in [0.1, 0.15) is 30.0 Å². The highest BCUT2D eigenvalue weighted by Crippen LogP contribution is 2.21. The van der Waals surface area contributed by atoms with Gasteiger partial charge in [-0.05, 0) is 57.2 Å². The second kappa shape index (κ2) is 9.23. The number of hydrogen-bond acceptors (Lipinski definition) is 5. The number of anilines is 1. The number of benzene rings is 2. The molecule has 0 saturated heterocycles. The Bertz CT molecular complexity index is 1320. The summed E-state index contributed by atoms with van der Waals surface area (Å²) in [4.78, 5) is 25.3. The van der Waals surface area contributed by atoms with Gasteiger partial charge in [0.15, 0.2) is 5.69 Å². The maximum absolute atomic E-state index is 12.7. The van der Waals surface area contributed by atoms with E-state index in [9.17, 15) is 18.0 Å². The third-order valence-corrected chi connectivity index (χ3v) is 7.29. The van der Waals surface area contributed by atoms with Gasteiger partial charge in [-0.25, -0.2) is 13.1 Å². The molecule has 1 heterocycles. The molecule has 168 valence electrons. The first-order valence-electron chi connectivity index (χ1n) is 9.77. The number of nitrogens with zero attached hydrogens (tertiary/aromatic N) is 3. The monoisotopic (exact) mass is 474 g/mol. The first kappa shape index (κ1) is 23.6. The summed E-state index contributed by atoms with van der Waals surface area (Å²) in [6, 6.07) is 13.8. The zero-order valence-corrected chi connectivity index (χ0v) is 19.6. The molecule has 1 aromatic heterocycles. The number of hydrogen-bond donors (Lipinski definition) is 1. The average molecular weight is 475 g/mol. The highest BCUT2D eigenvalue weighted by Gasteiger charge is 2.23. The number of carbonyl (C=O) groups is 1. The van der Waals surface area contributed by atoms with Crippen LogP contribution in [0.3, 0.4) is 0 Å². The van der Waals surface area contributed by atoms with Crippen molar-refractivity contribution in [3.8, 4) is 5.69 Å². The molecule has 0 saturated carbocycles. The number of nitrogens with one attached hydrogen (secondary N) is 1. The minimum atomic E-state index is -3.65. The van der Waals surface area contributed by atoms with Crippen LogP contribution in [0.2, 0.25) is 5.02 Å². The summed E-state index contributed by atoms with van der Waals surface area (Å²) in [6.45, 7) is 5.24. The number of halogens is 1. The lowest BCUT2D eigenvalue weighted by Gasteiger charge is -2.21. The Morgan fingerprint density at radius 3 is 2.34 bits per heavy atom. The van der Waals surface area contributed by atoms with E-state index in [1.807, 2.05) is 0 Å². The topological polar surface area (TPSA) is 101 Å². The first-order valence-corrected chi connectivity index (χ1v) is 11.6. The molecule has 0 aliphatic heterocycles. The summed E-state index contributed by atoms with van der Waals surface area (Å²) >= 11 is 6.23. The van der Waals surface area contributed by atoms with Crippen LogP contribution >= 0.6 is 11.6 Å². The first-order chi connectivity index (χ1) is 15.0. The van der Waals surface area contributed by atoms with Gasteiger partial charge in [0, 0.05) is 30.5 Å². The zero-order valence-electron chi connectivity index (χ0n) is 18.0. The molecule has 0 atom stereocenters. The molecule has 32 heavy (non-hydrogen) atoms. The van der Waals surface area contributed by atoms with E-state index < -0.39 is 21.4 Å². The predicted molar refractivity (Wildman–Crippen MR) is 124 cm³/mol. The number of rotatable bonds is 6. The second-order valence-electron chi connectivity index (χ2n) is 7.46. The molecule has 0 bridgehead atoms. The van der Waals surface area contributed by atoms with Crippen LogP contribution in [0.5, 0.6) is 0 Å². The fourth-order valence-corrected chi connectivity index (χ4v) is 4.50. The van der Waals surface area contributed by atoms with E-state index >= 15 is 0 Å². The van der Waals surface area contributed by atoms with Crippen molar-refractivity contribution in [2.45, 2.75) is 31.7 Å². The fourth-order valence-electron chi connectivity index (χ4n) is 2.92. The van der Waals surface area contributed by atoms with E-state index in [0.29, 0.717) is 22.1 Å². The summed E-state index contributed by atoms with van der Waals surface area (Å²) in [5.41, 5.74) is 0.521. The van der Waals surface area contributed by atoms with Crippen LogP contribution in [0.15, 0.2) is 64.3 Å². The highest BCUT2D eigenvalue weighted by atomic mass is 35.5. The largest absolute Gasteiger partial charge is 0.320 e. The molecule has 0 aliphatic carbocycles. The third-order valence-electron chi connectivity index (χ3n) is 4.92. The Hall–Kier alpha value is -3.01. The summed E-state index contributed by atoms with van der Waals surface area (Å²) in [6.07, 6.45) is 0. The van der Waals surface area contributed by atoms with Crippen LogP contribution in [0.4, 0.5) is 5.69 Å². The number of carbonyl (C=O) groups excluding carboxylic acids is 1. The van der Waals surface area contributed by atoms with Crippen molar-refractivity contribution in [1.82, 2.24) is 14.1 Å². The van der Waals surface area contributed by atoms with Crippen LogP contribution in [0.25, 0.3) is 5.69 Å². The van der Waals surface area contributed by atoms with E-state index in [0.717, 1.165) is 0 Å². The smallest absolute Gasteiger partial charge is 0.280 e. The standard InChI is InChI=1S/C22H23ClN4O4S/c1-14(2)26(4)32(30,31)17-11-9-16(10-12-17)24-22(29)21-20(28)13-15(3)27(25-21)19-8-6-5-7-18(19)23/h5-14H,1-4H3,(H,24,29). The molecule has 0 unspecified atom stereocenters. The molecule has 1 amide bonds. The molecule has 0 radical (unpaired) electrons. The molecule has 8 nitrogen and oxygen atoms in total. The molecule has 3 aromatic rings. The summed E-state index contributed by atoms with van der Waals surface area (Å²) in [5, 5.41) is 7.21. The summed E-state index contributed by atoms with van der Waals surface area (Å²) in [5.74, 6) is -0.717. The Kier molecular flexibility index (Phi) is 6.82. The van der Waals surface area contributed by atoms with Crippen LogP contribution in [-0.2, 0) is 10.0 Å². The van der Waals surface area contributed by atoms with Gasteiger partial charge in [0.1, 0.15) is 0 Å². The van der Waals surface area contributed by atoms with E-state index in [2.05, 4.69) is 10.4 Å². The quantitative estimate of drug-likeness (QED) is 0.589. The lowest BCUT2D eigenvalue weighted by atomic mass is 10.2. The summed E-state index contributed by atoms with van der Waals surface area (Å²) < 4.78 is 27.8. The van der Waals surface area contributed by atoms with E-state index in [-0.39, 0.29) is 16.6 Å². The van der Waals surface area contributed by atoms with Gasteiger partial charge < -0.3 is 5.32 Å². The SMILES string of the molecule is Cc1cc(=O)c(C(=O)Nc2ccc(S(=O)(=O)N(C)C(C)C)cc2)nn1-c1ccccc1Cl. The van der Waals surface area contributed by atoms with Gasteiger partial charge in [-0.15, -0.1) is 0 Å². The van der Waals surface area contributed by atoms with Crippen molar-refractivity contribution < 1.29 is 13.2 Å². The Morgan fingerprint density at radius 2 is 1.75 bits per heavy atom. The van der Waals surface area contributed by atoms with Crippen molar-refractivity contribution >= 4 is 33.2 Å². The average Bonchev–Trinajstić information content (AvgIpc) is 2.74. The maximum atomic E-state index is 12.7. The van der Waals surface area contributed by atoms with Gasteiger partial charge in [0.2, 0.25) is 15.5 Å². The molecular weight excluding hydrogens is 452 g/mol. The lowest BCUT2D eigenvalue weighted by molar-refractivity contribution is 0.101.